The molecule has 1 unspecified atom stereocenters. The van der Waals surface area contributed by atoms with Gasteiger partial charge in [0.15, 0.2) is 0 Å². The summed E-state index contributed by atoms with van der Waals surface area (Å²) in [6, 6.07) is 25.2. The number of hydrogen-bond acceptors (Lipinski definition) is 3. The Morgan fingerprint density at radius 1 is 1.00 bits per heavy atom. The number of aryl methyl sites for hydroxylation is 1. The van der Waals surface area contributed by atoms with E-state index in [2.05, 4.69) is 0 Å². The van der Waals surface area contributed by atoms with E-state index >= 15 is 0 Å². The zero-order valence-corrected chi connectivity index (χ0v) is 23.2. The Kier molecular flexibility index (Phi) is 7.94. The average Bonchev–Trinajstić information content (AvgIpc) is 3.29. The second-order valence-electron chi connectivity index (χ2n) is 10.7. The van der Waals surface area contributed by atoms with E-state index < -0.39 is 5.41 Å². The van der Waals surface area contributed by atoms with Crippen molar-refractivity contribution in [3.05, 3.63) is 101 Å². The predicted molar refractivity (Wildman–Crippen MR) is 155 cm³/mol. The Morgan fingerprint density at radius 2 is 1.72 bits per heavy atom. The number of nitrogens with zero attached hydrogens (tertiary/aromatic N) is 3. The normalized spacial score (nSPS) is 17.3. The number of rotatable bonds is 8. The monoisotopic (exact) mass is 543 g/mol. The maximum Gasteiger partial charge on any atom is 0.256 e. The van der Waals surface area contributed by atoms with Crippen molar-refractivity contribution in [2.75, 3.05) is 26.7 Å². The molecular formula is C32H34ClN3O3. The van der Waals surface area contributed by atoms with Crippen LogP contribution in [0.3, 0.4) is 0 Å². The Balaban J connectivity index is 1.38. The van der Waals surface area contributed by atoms with Crippen molar-refractivity contribution < 1.29 is 14.3 Å². The lowest BCUT2D eigenvalue weighted by Gasteiger charge is -2.43. The fourth-order valence-corrected chi connectivity index (χ4v) is 5.67. The number of ether oxygens (including phenoxy) is 1. The fraction of sp³-hybridized carbons (Fsp3) is 0.312. The highest BCUT2D eigenvalue weighted by Crippen LogP contribution is 2.36. The maximum absolute atomic E-state index is 13.8. The molecule has 0 spiro atoms. The van der Waals surface area contributed by atoms with Gasteiger partial charge in [-0.3, -0.25) is 9.59 Å². The van der Waals surface area contributed by atoms with Gasteiger partial charge in [-0.1, -0.05) is 60.1 Å². The van der Waals surface area contributed by atoms with E-state index in [1.807, 2.05) is 96.5 Å². The molecule has 1 aliphatic heterocycles. The fourth-order valence-electron chi connectivity index (χ4n) is 5.55. The molecule has 0 saturated carbocycles. The van der Waals surface area contributed by atoms with Crippen molar-refractivity contribution in [1.82, 2.24) is 14.4 Å². The van der Waals surface area contributed by atoms with Crippen LogP contribution in [0.4, 0.5) is 0 Å². The van der Waals surface area contributed by atoms with Crippen molar-refractivity contribution in [2.45, 2.75) is 25.8 Å². The highest BCUT2D eigenvalue weighted by atomic mass is 35.5. The van der Waals surface area contributed by atoms with Crippen LogP contribution in [0.15, 0.2) is 85.1 Å². The number of piperidine rings is 1. The minimum absolute atomic E-state index is 0.00698. The molecule has 0 bridgehead atoms. The maximum atomic E-state index is 13.8. The molecule has 202 valence electrons. The summed E-state index contributed by atoms with van der Waals surface area (Å²) in [7, 11) is 3.80. The summed E-state index contributed by atoms with van der Waals surface area (Å²) in [6.45, 7) is 1.97. The summed E-state index contributed by atoms with van der Waals surface area (Å²) in [5.74, 6) is 0.729. The van der Waals surface area contributed by atoms with Crippen molar-refractivity contribution in [1.29, 1.82) is 0 Å². The lowest BCUT2D eigenvalue weighted by Crippen LogP contribution is -2.50. The van der Waals surface area contributed by atoms with Gasteiger partial charge in [0.25, 0.3) is 5.91 Å². The van der Waals surface area contributed by atoms with Crippen molar-refractivity contribution in [3.63, 3.8) is 0 Å². The molecule has 2 heterocycles. The van der Waals surface area contributed by atoms with Crippen LogP contribution in [0, 0.1) is 5.41 Å². The number of amides is 2. The first-order chi connectivity index (χ1) is 18.8. The van der Waals surface area contributed by atoms with Gasteiger partial charge in [0.05, 0.1) is 12.2 Å². The number of para-hydroxylation sites is 1. The van der Waals surface area contributed by atoms with Crippen LogP contribution >= 0.6 is 11.6 Å². The van der Waals surface area contributed by atoms with Crippen LogP contribution in [-0.2, 0) is 18.4 Å². The highest BCUT2D eigenvalue weighted by molar-refractivity contribution is 6.30. The van der Waals surface area contributed by atoms with Gasteiger partial charge in [0.2, 0.25) is 5.91 Å². The molecule has 0 aliphatic carbocycles. The van der Waals surface area contributed by atoms with E-state index in [1.54, 1.807) is 17.0 Å². The van der Waals surface area contributed by atoms with Gasteiger partial charge in [-0.15, -0.1) is 0 Å². The SMILES string of the molecule is CN(Cc1ccccc1)C(=O)CC1(COc2ccc(Cl)cc2)CCCN(C(=O)c2cn(C)c3ccccc23)C1. The molecule has 4 aromatic rings. The summed E-state index contributed by atoms with van der Waals surface area (Å²) in [6.07, 6.45) is 3.80. The van der Waals surface area contributed by atoms with Gasteiger partial charge in [0.1, 0.15) is 5.75 Å². The second-order valence-corrected chi connectivity index (χ2v) is 11.1. The lowest BCUT2D eigenvalue weighted by atomic mass is 9.77. The number of hydrogen-bond donors (Lipinski definition) is 0. The summed E-state index contributed by atoms with van der Waals surface area (Å²) < 4.78 is 8.23. The van der Waals surface area contributed by atoms with Crippen LogP contribution in [-0.4, -0.2) is 52.9 Å². The van der Waals surface area contributed by atoms with Crippen LogP contribution in [0.5, 0.6) is 5.75 Å². The first-order valence-electron chi connectivity index (χ1n) is 13.3. The molecule has 1 fully saturated rings. The zero-order chi connectivity index (χ0) is 27.4. The molecule has 1 saturated heterocycles. The Morgan fingerprint density at radius 3 is 2.49 bits per heavy atom. The quantitative estimate of drug-likeness (QED) is 0.266. The minimum Gasteiger partial charge on any atom is -0.493 e. The van der Waals surface area contributed by atoms with Gasteiger partial charge in [-0.2, -0.15) is 0 Å². The molecule has 39 heavy (non-hydrogen) atoms. The number of halogens is 1. The van der Waals surface area contributed by atoms with E-state index in [0.717, 1.165) is 29.3 Å². The van der Waals surface area contributed by atoms with Gasteiger partial charge in [-0.05, 0) is 48.7 Å². The Labute approximate surface area is 234 Å². The number of benzene rings is 3. The third kappa shape index (κ3) is 6.12. The Bertz CT molecular complexity index is 1450. The molecule has 7 heteroatoms. The topological polar surface area (TPSA) is 54.8 Å². The van der Waals surface area contributed by atoms with Crippen molar-refractivity contribution in [2.24, 2.45) is 12.5 Å². The van der Waals surface area contributed by atoms with Crippen molar-refractivity contribution in [3.8, 4) is 5.75 Å². The van der Waals surface area contributed by atoms with E-state index in [9.17, 15) is 9.59 Å². The molecule has 6 nitrogen and oxygen atoms in total. The molecule has 0 N–H and O–H groups in total. The molecule has 5 rings (SSSR count). The van der Waals surface area contributed by atoms with Crippen molar-refractivity contribution >= 4 is 34.3 Å². The third-order valence-corrected chi connectivity index (χ3v) is 7.90. The Hall–Kier alpha value is -3.77. The standard InChI is InChI=1S/C32H34ClN3O3/c1-34-21-28(27-11-6-7-12-29(27)34)31(38)36-18-8-17-32(22-36,23-39-26-15-13-25(33)14-16-26)19-30(37)35(2)20-24-9-4-3-5-10-24/h3-7,9-16,21H,8,17-20,22-23H2,1-2H3. The summed E-state index contributed by atoms with van der Waals surface area (Å²) in [5, 5.41) is 1.58. The molecule has 2 amide bonds. The number of carbonyl (C=O) groups is 2. The molecule has 1 aromatic heterocycles. The van der Waals surface area contributed by atoms with Gasteiger partial charge in [0, 0.05) is 67.7 Å². The third-order valence-electron chi connectivity index (χ3n) is 7.65. The molecule has 1 atom stereocenters. The summed E-state index contributed by atoms with van der Waals surface area (Å²) in [5.41, 5.74) is 2.28. The number of likely N-dealkylation sites (tertiary alicyclic amines) is 1. The second kappa shape index (κ2) is 11.5. The molecule has 1 aliphatic rings. The molecular weight excluding hydrogens is 510 g/mol. The van der Waals surface area contributed by atoms with E-state index in [4.69, 9.17) is 16.3 Å². The summed E-state index contributed by atoms with van der Waals surface area (Å²) in [4.78, 5) is 31.1. The zero-order valence-electron chi connectivity index (χ0n) is 22.5. The first kappa shape index (κ1) is 26.8. The predicted octanol–water partition coefficient (Wildman–Crippen LogP) is 6.18. The highest BCUT2D eigenvalue weighted by Gasteiger charge is 2.41. The number of carbonyl (C=O) groups excluding carboxylic acids is 2. The van der Waals surface area contributed by atoms with Crippen LogP contribution in [0.25, 0.3) is 10.9 Å². The van der Waals surface area contributed by atoms with E-state index in [0.29, 0.717) is 49.0 Å². The summed E-state index contributed by atoms with van der Waals surface area (Å²) >= 11 is 6.06. The van der Waals surface area contributed by atoms with Crippen LogP contribution in [0.2, 0.25) is 5.02 Å². The van der Waals surface area contributed by atoms with Gasteiger partial charge >= 0.3 is 0 Å². The average molecular weight is 544 g/mol. The first-order valence-corrected chi connectivity index (χ1v) is 13.7. The van der Waals surface area contributed by atoms with E-state index in [-0.39, 0.29) is 11.8 Å². The van der Waals surface area contributed by atoms with Crippen LogP contribution in [0.1, 0.15) is 35.2 Å². The van der Waals surface area contributed by atoms with Gasteiger partial charge < -0.3 is 19.1 Å². The molecule has 3 aromatic carbocycles. The number of aromatic nitrogens is 1. The van der Waals surface area contributed by atoms with E-state index in [1.165, 1.54) is 0 Å². The lowest BCUT2D eigenvalue weighted by molar-refractivity contribution is -0.134. The molecule has 0 radical (unpaired) electrons. The van der Waals surface area contributed by atoms with Crippen LogP contribution < -0.4 is 4.74 Å². The van der Waals surface area contributed by atoms with Gasteiger partial charge in [-0.25, -0.2) is 0 Å². The largest absolute Gasteiger partial charge is 0.493 e. The minimum atomic E-state index is -0.514. The number of fused-ring (bicyclic) bond motifs is 1. The smallest absolute Gasteiger partial charge is 0.256 e.